The summed E-state index contributed by atoms with van der Waals surface area (Å²) in [6, 6.07) is 6.39. The van der Waals surface area contributed by atoms with Crippen LogP contribution < -0.4 is 10.5 Å². The standard InChI is InChI=1S/C14H21NO2/c1-10-4-3-5-12(8-11(2)15)14(10)17-13-6-7-16-9-13/h3-5,11,13H,6-9,15H2,1-2H3. The van der Waals surface area contributed by atoms with Gasteiger partial charge in [0.2, 0.25) is 0 Å². The maximum absolute atomic E-state index is 6.06. The Balaban J connectivity index is 2.17. The average molecular weight is 235 g/mol. The summed E-state index contributed by atoms with van der Waals surface area (Å²) in [5, 5.41) is 0. The van der Waals surface area contributed by atoms with Crippen molar-refractivity contribution >= 4 is 0 Å². The molecule has 0 bridgehead atoms. The predicted molar refractivity (Wildman–Crippen MR) is 68.4 cm³/mol. The molecular formula is C14H21NO2. The molecule has 2 N–H and O–H groups in total. The predicted octanol–water partition coefficient (Wildman–Crippen LogP) is 2.05. The topological polar surface area (TPSA) is 44.5 Å². The molecule has 0 amide bonds. The summed E-state index contributed by atoms with van der Waals surface area (Å²) >= 11 is 0. The first-order chi connectivity index (χ1) is 8.16. The molecule has 94 valence electrons. The SMILES string of the molecule is Cc1cccc(CC(C)N)c1OC1CCOC1. The molecule has 2 atom stereocenters. The van der Waals surface area contributed by atoms with Gasteiger partial charge >= 0.3 is 0 Å². The maximum Gasteiger partial charge on any atom is 0.125 e. The molecule has 1 saturated heterocycles. The van der Waals surface area contributed by atoms with Gasteiger partial charge in [-0.25, -0.2) is 0 Å². The highest BCUT2D eigenvalue weighted by Gasteiger charge is 2.19. The molecule has 0 aliphatic carbocycles. The van der Waals surface area contributed by atoms with Crippen molar-refractivity contribution in [2.45, 2.75) is 38.8 Å². The van der Waals surface area contributed by atoms with Crippen molar-refractivity contribution in [3.8, 4) is 5.75 Å². The molecule has 0 spiro atoms. The van der Waals surface area contributed by atoms with E-state index in [1.54, 1.807) is 0 Å². The molecule has 2 rings (SSSR count). The third-order valence-electron chi connectivity index (χ3n) is 3.01. The first-order valence-electron chi connectivity index (χ1n) is 6.25. The molecule has 3 nitrogen and oxygen atoms in total. The molecule has 0 aromatic heterocycles. The second kappa shape index (κ2) is 5.52. The van der Waals surface area contributed by atoms with Crippen LogP contribution in [-0.2, 0) is 11.2 Å². The molecule has 1 aromatic carbocycles. The second-order valence-corrected chi connectivity index (χ2v) is 4.85. The van der Waals surface area contributed by atoms with Gasteiger partial charge in [0.15, 0.2) is 0 Å². The molecule has 2 unspecified atom stereocenters. The highest BCUT2D eigenvalue weighted by atomic mass is 16.5. The zero-order valence-electron chi connectivity index (χ0n) is 10.6. The van der Waals surface area contributed by atoms with Gasteiger partial charge < -0.3 is 15.2 Å². The lowest BCUT2D eigenvalue weighted by atomic mass is 10.0. The highest BCUT2D eigenvalue weighted by molar-refractivity contribution is 5.41. The van der Waals surface area contributed by atoms with Crippen molar-refractivity contribution in [2.75, 3.05) is 13.2 Å². The van der Waals surface area contributed by atoms with E-state index >= 15 is 0 Å². The van der Waals surface area contributed by atoms with Crippen molar-refractivity contribution in [2.24, 2.45) is 5.73 Å². The Kier molecular flexibility index (Phi) is 4.02. The highest BCUT2D eigenvalue weighted by Crippen LogP contribution is 2.27. The largest absolute Gasteiger partial charge is 0.487 e. The molecule has 1 heterocycles. The first kappa shape index (κ1) is 12.4. The number of hydrogen-bond acceptors (Lipinski definition) is 3. The smallest absolute Gasteiger partial charge is 0.125 e. The Morgan fingerprint density at radius 3 is 3.00 bits per heavy atom. The van der Waals surface area contributed by atoms with Gasteiger partial charge in [-0.1, -0.05) is 18.2 Å². The quantitative estimate of drug-likeness (QED) is 0.868. The fourth-order valence-corrected chi connectivity index (χ4v) is 2.16. The number of aryl methyl sites for hydroxylation is 1. The van der Waals surface area contributed by atoms with Gasteiger partial charge in [-0.15, -0.1) is 0 Å². The first-order valence-corrected chi connectivity index (χ1v) is 6.25. The minimum absolute atomic E-state index is 0.152. The van der Waals surface area contributed by atoms with Gasteiger partial charge in [-0.05, 0) is 31.4 Å². The molecule has 1 aromatic rings. The van der Waals surface area contributed by atoms with Crippen LogP contribution in [0.25, 0.3) is 0 Å². The van der Waals surface area contributed by atoms with E-state index in [0.29, 0.717) is 6.61 Å². The molecule has 1 aliphatic rings. The van der Waals surface area contributed by atoms with Crippen LogP contribution >= 0.6 is 0 Å². The van der Waals surface area contributed by atoms with Crippen LogP contribution in [-0.4, -0.2) is 25.4 Å². The summed E-state index contributed by atoms with van der Waals surface area (Å²) in [6.45, 7) is 5.60. The lowest BCUT2D eigenvalue weighted by Gasteiger charge is -2.18. The van der Waals surface area contributed by atoms with Crippen LogP contribution in [0.5, 0.6) is 5.75 Å². The monoisotopic (exact) mass is 235 g/mol. The molecule has 1 fully saturated rings. The van der Waals surface area contributed by atoms with E-state index in [1.807, 2.05) is 6.92 Å². The van der Waals surface area contributed by atoms with Gasteiger partial charge in [-0.3, -0.25) is 0 Å². The number of ether oxygens (including phenoxy) is 2. The van der Waals surface area contributed by atoms with Gasteiger partial charge in [0.25, 0.3) is 0 Å². The van der Waals surface area contributed by atoms with Crippen molar-refractivity contribution in [3.05, 3.63) is 29.3 Å². The van der Waals surface area contributed by atoms with Gasteiger partial charge in [0.05, 0.1) is 13.2 Å². The van der Waals surface area contributed by atoms with Crippen LogP contribution in [0.2, 0.25) is 0 Å². The molecule has 17 heavy (non-hydrogen) atoms. The summed E-state index contributed by atoms with van der Waals surface area (Å²) < 4.78 is 11.4. The van der Waals surface area contributed by atoms with Crippen molar-refractivity contribution in [1.29, 1.82) is 0 Å². The lowest BCUT2D eigenvalue weighted by molar-refractivity contribution is 0.140. The van der Waals surface area contributed by atoms with E-state index in [9.17, 15) is 0 Å². The van der Waals surface area contributed by atoms with E-state index in [4.69, 9.17) is 15.2 Å². The molecular weight excluding hydrogens is 214 g/mol. The third kappa shape index (κ3) is 3.20. The maximum atomic E-state index is 6.06. The van der Waals surface area contributed by atoms with Crippen LogP contribution in [0.15, 0.2) is 18.2 Å². The zero-order valence-corrected chi connectivity index (χ0v) is 10.6. The summed E-state index contributed by atoms with van der Waals surface area (Å²) in [5.74, 6) is 1.00. The minimum Gasteiger partial charge on any atom is -0.487 e. The van der Waals surface area contributed by atoms with E-state index in [-0.39, 0.29) is 12.1 Å². The van der Waals surface area contributed by atoms with E-state index in [0.717, 1.165) is 25.2 Å². The molecule has 1 aliphatic heterocycles. The molecule has 0 saturated carbocycles. The summed E-state index contributed by atoms with van der Waals surface area (Å²) in [7, 11) is 0. The van der Waals surface area contributed by atoms with Crippen LogP contribution in [0.3, 0.4) is 0 Å². The lowest BCUT2D eigenvalue weighted by Crippen LogP contribution is -2.21. The number of rotatable bonds is 4. The Morgan fingerprint density at radius 2 is 2.35 bits per heavy atom. The van der Waals surface area contributed by atoms with E-state index in [1.165, 1.54) is 11.1 Å². The Hall–Kier alpha value is -1.06. The summed E-state index contributed by atoms with van der Waals surface area (Å²) in [4.78, 5) is 0. The van der Waals surface area contributed by atoms with Crippen molar-refractivity contribution in [3.63, 3.8) is 0 Å². The van der Waals surface area contributed by atoms with Crippen molar-refractivity contribution < 1.29 is 9.47 Å². The van der Waals surface area contributed by atoms with E-state index in [2.05, 4.69) is 25.1 Å². The van der Waals surface area contributed by atoms with E-state index < -0.39 is 0 Å². The summed E-state index contributed by atoms with van der Waals surface area (Å²) in [5.41, 5.74) is 8.25. The molecule has 0 radical (unpaired) electrons. The number of benzene rings is 1. The van der Waals surface area contributed by atoms with Gasteiger partial charge in [0.1, 0.15) is 11.9 Å². The number of nitrogens with two attached hydrogens (primary N) is 1. The fraction of sp³-hybridized carbons (Fsp3) is 0.571. The fourth-order valence-electron chi connectivity index (χ4n) is 2.16. The average Bonchev–Trinajstić information content (AvgIpc) is 2.75. The van der Waals surface area contributed by atoms with Gasteiger partial charge in [-0.2, -0.15) is 0 Å². The van der Waals surface area contributed by atoms with Crippen LogP contribution in [0.1, 0.15) is 24.5 Å². The Labute approximate surface area is 103 Å². The molecule has 3 heteroatoms. The van der Waals surface area contributed by atoms with Crippen LogP contribution in [0.4, 0.5) is 0 Å². The van der Waals surface area contributed by atoms with Gasteiger partial charge in [0, 0.05) is 12.5 Å². The minimum atomic E-state index is 0.152. The summed E-state index contributed by atoms with van der Waals surface area (Å²) in [6.07, 6.45) is 2.03. The second-order valence-electron chi connectivity index (χ2n) is 4.85. The van der Waals surface area contributed by atoms with Crippen molar-refractivity contribution in [1.82, 2.24) is 0 Å². The number of hydrogen-bond donors (Lipinski definition) is 1. The Bertz CT molecular complexity index is 370. The number of para-hydroxylation sites is 1. The van der Waals surface area contributed by atoms with Crippen LogP contribution in [0, 0.1) is 6.92 Å². The normalized spacial score (nSPS) is 21.5. The Morgan fingerprint density at radius 1 is 1.53 bits per heavy atom. The zero-order chi connectivity index (χ0) is 12.3. The third-order valence-corrected chi connectivity index (χ3v) is 3.01.